The fourth-order valence-electron chi connectivity index (χ4n) is 1.12. The molecule has 1 N–H and O–H groups in total. The number of nitrogens with one attached hydrogen (secondary N) is 1. The molecule has 0 aliphatic heterocycles. The van der Waals surface area contributed by atoms with Gasteiger partial charge in [0.05, 0.1) is 0 Å². The first-order valence-electron chi connectivity index (χ1n) is 3.54. The first kappa shape index (κ1) is 7.79. The van der Waals surface area contributed by atoms with Crippen molar-refractivity contribution in [1.82, 2.24) is 4.98 Å². The van der Waals surface area contributed by atoms with Crippen LogP contribution in [0.5, 0.6) is 0 Å². The van der Waals surface area contributed by atoms with Gasteiger partial charge in [-0.05, 0) is 46.2 Å². The number of halogens is 1. The Morgan fingerprint density at radius 1 is 1.17 bits per heavy atom. The van der Waals surface area contributed by atoms with Gasteiger partial charge < -0.3 is 4.98 Å². The number of H-pyrrole nitrogens is 1. The van der Waals surface area contributed by atoms with Gasteiger partial charge in [0.25, 0.3) is 0 Å². The van der Waals surface area contributed by atoms with Crippen LogP contribution in [0.25, 0.3) is 10.9 Å². The molecule has 0 saturated carbocycles. The number of rotatable bonds is 0. The Morgan fingerprint density at radius 3 is 2.75 bits per heavy atom. The largest absolute Gasteiger partial charge is 0.322 e. The van der Waals surface area contributed by atoms with E-state index in [1.54, 1.807) is 0 Å². The smallest absolute Gasteiger partial charge is 0.248 e. The Bertz CT molecular complexity index is 475. The van der Waals surface area contributed by atoms with Crippen LogP contribution in [-0.2, 0) is 0 Å². The predicted octanol–water partition coefficient (Wildman–Crippen LogP) is 2.13. The van der Waals surface area contributed by atoms with Gasteiger partial charge in [0.2, 0.25) is 5.56 Å². The van der Waals surface area contributed by atoms with Crippen LogP contribution in [0.4, 0.5) is 0 Å². The van der Waals surface area contributed by atoms with E-state index in [1.807, 2.05) is 24.3 Å². The quantitative estimate of drug-likeness (QED) is 0.731. The number of aromatic nitrogens is 1. The van der Waals surface area contributed by atoms with E-state index in [0.717, 1.165) is 14.5 Å². The average Bonchev–Trinajstić information content (AvgIpc) is 2.03. The lowest BCUT2D eigenvalue weighted by atomic mass is 10.2. The van der Waals surface area contributed by atoms with Crippen molar-refractivity contribution < 1.29 is 0 Å². The van der Waals surface area contributed by atoms with Gasteiger partial charge in [-0.15, -0.1) is 0 Å². The lowest BCUT2D eigenvalue weighted by Gasteiger charge is -1.96. The highest BCUT2D eigenvalue weighted by molar-refractivity contribution is 14.1. The molecule has 2 rings (SSSR count). The van der Waals surface area contributed by atoms with Crippen molar-refractivity contribution >= 4 is 33.5 Å². The maximum absolute atomic E-state index is 10.9. The minimum absolute atomic E-state index is 0.0514. The van der Waals surface area contributed by atoms with Gasteiger partial charge >= 0.3 is 0 Å². The highest BCUT2D eigenvalue weighted by Crippen LogP contribution is 2.12. The van der Waals surface area contributed by atoms with Crippen molar-refractivity contribution in [1.29, 1.82) is 0 Å². The summed E-state index contributed by atoms with van der Waals surface area (Å²) in [6.07, 6.45) is 0. The van der Waals surface area contributed by atoms with Crippen molar-refractivity contribution in [2.75, 3.05) is 0 Å². The minimum Gasteiger partial charge on any atom is -0.322 e. The molecule has 2 aromatic rings. The van der Waals surface area contributed by atoms with Crippen LogP contribution in [0, 0.1) is 3.57 Å². The summed E-state index contributed by atoms with van der Waals surface area (Å²) in [4.78, 5) is 13.7. The molecule has 0 amide bonds. The Morgan fingerprint density at radius 2 is 1.92 bits per heavy atom. The van der Waals surface area contributed by atoms with Crippen molar-refractivity contribution in [2.24, 2.45) is 0 Å². The number of benzene rings is 1. The maximum Gasteiger partial charge on any atom is 0.248 e. The summed E-state index contributed by atoms with van der Waals surface area (Å²) >= 11 is 2.22. The molecule has 0 aliphatic carbocycles. The van der Waals surface area contributed by atoms with Crippen molar-refractivity contribution in [3.05, 3.63) is 44.3 Å². The number of aromatic amines is 1. The zero-order valence-electron chi connectivity index (χ0n) is 6.17. The molecule has 0 bridgehead atoms. The highest BCUT2D eigenvalue weighted by Gasteiger charge is 1.93. The topological polar surface area (TPSA) is 32.9 Å². The van der Waals surface area contributed by atoms with E-state index in [4.69, 9.17) is 0 Å². The van der Waals surface area contributed by atoms with E-state index in [9.17, 15) is 4.79 Å². The SMILES string of the molecule is O=c1ccc2ccc(I)cc2[nH]1. The zero-order valence-corrected chi connectivity index (χ0v) is 8.33. The van der Waals surface area contributed by atoms with E-state index in [0.29, 0.717) is 0 Å². The number of pyridine rings is 1. The molecular formula is C9H6INO. The highest BCUT2D eigenvalue weighted by atomic mass is 127. The molecule has 0 unspecified atom stereocenters. The summed E-state index contributed by atoms with van der Waals surface area (Å²) in [5, 5.41) is 1.06. The fourth-order valence-corrected chi connectivity index (χ4v) is 1.61. The molecule has 1 aromatic heterocycles. The third-order valence-electron chi connectivity index (χ3n) is 1.69. The molecule has 0 fully saturated rings. The third-order valence-corrected chi connectivity index (χ3v) is 2.36. The second-order valence-corrected chi connectivity index (χ2v) is 3.80. The van der Waals surface area contributed by atoms with Crippen LogP contribution >= 0.6 is 22.6 Å². The van der Waals surface area contributed by atoms with Crippen molar-refractivity contribution in [3.63, 3.8) is 0 Å². The van der Waals surface area contributed by atoms with Gasteiger partial charge in [-0.2, -0.15) is 0 Å². The number of fused-ring (bicyclic) bond motifs is 1. The Kier molecular flexibility index (Phi) is 1.88. The third kappa shape index (κ3) is 1.36. The summed E-state index contributed by atoms with van der Waals surface area (Å²) in [5.41, 5.74) is 0.846. The first-order chi connectivity index (χ1) is 5.75. The van der Waals surface area contributed by atoms with E-state index in [-0.39, 0.29) is 5.56 Å². The summed E-state index contributed by atoms with van der Waals surface area (Å²) in [6.45, 7) is 0. The van der Waals surface area contributed by atoms with Gasteiger partial charge in [-0.25, -0.2) is 0 Å². The molecular weight excluding hydrogens is 265 g/mol. The molecule has 0 atom stereocenters. The number of hydrogen-bond donors (Lipinski definition) is 1. The Hall–Kier alpha value is -0.840. The lowest BCUT2D eigenvalue weighted by molar-refractivity contribution is 1.30. The van der Waals surface area contributed by atoms with Crippen LogP contribution < -0.4 is 5.56 Å². The lowest BCUT2D eigenvalue weighted by Crippen LogP contribution is -2.01. The molecule has 0 radical (unpaired) electrons. The zero-order chi connectivity index (χ0) is 8.55. The van der Waals surface area contributed by atoms with Crippen LogP contribution in [0.1, 0.15) is 0 Å². The number of hydrogen-bond acceptors (Lipinski definition) is 1. The average molecular weight is 271 g/mol. The Balaban J connectivity index is 2.89. The maximum atomic E-state index is 10.9. The Labute approximate surface area is 82.8 Å². The fraction of sp³-hybridized carbons (Fsp3) is 0. The van der Waals surface area contributed by atoms with Crippen LogP contribution in [0.15, 0.2) is 35.1 Å². The molecule has 0 saturated heterocycles. The van der Waals surface area contributed by atoms with Gasteiger partial charge in [-0.3, -0.25) is 4.79 Å². The first-order valence-corrected chi connectivity index (χ1v) is 4.62. The van der Waals surface area contributed by atoms with Gasteiger partial charge in [0.15, 0.2) is 0 Å². The summed E-state index contributed by atoms with van der Waals surface area (Å²) in [6, 6.07) is 9.32. The van der Waals surface area contributed by atoms with Crippen LogP contribution in [0.2, 0.25) is 0 Å². The molecule has 0 aliphatic rings. The standard InChI is InChI=1S/C9H6INO/c10-7-3-1-6-2-4-9(12)11-8(6)5-7/h1-5H,(H,11,12). The van der Waals surface area contributed by atoms with Crippen molar-refractivity contribution in [3.8, 4) is 0 Å². The minimum atomic E-state index is -0.0514. The van der Waals surface area contributed by atoms with Gasteiger partial charge in [-0.1, -0.05) is 6.07 Å². The van der Waals surface area contributed by atoms with E-state index >= 15 is 0 Å². The summed E-state index contributed by atoms with van der Waals surface area (Å²) < 4.78 is 1.13. The second-order valence-electron chi connectivity index (χ2n) is 2.55. The molecule has 3 heteroatoms. The summed E-state index contributed by atoms with van der Waals surface area (Å²) in [7, 11) is 0. The monoisotopic (exact) mass is 271 g/mol. The van der Waals surface area contributed by atoms with Gasteiger partial charge in [0, 0.05) is 15.2 Å². The van der Waals surface area contributed by atoms with Crippen molar-refractivity contribution in [2.45, 2.75) is 0 Å². The molecule has 0 spiro atoms. The summed E-state index contributed by atoms with van der Waals surface area (Å²) in [5.74, 6) is 0. The van der Waals surface area contributed by atoms with E-state index in [2.05, 4.69) is 27.6 Å². The molecule has 1 heterocycles. The van der Waals surface area contributed by atoms with Crippen LogP contribution in [-0.4, -0.2) is 4.98 Å². The second kappa shape index (κ2) is 2.90. The van der Waals surface area contributed by atoms with E-state index < -0.39 is 0 Å². The molecule has 12 heavy (non-hydrogen) atoms. The molecule has 60 valence electrons. The molecule has 1 aromatic carbocycles. The van der Waals surface area contributed by atoms with E-state index in [1.165, 1.54) is 6.07 Å². The normalized spacial score (nSPS) is 10.4. The predicted molar refractivity (Wildman–Crippen MR) is 57.3 cm³/mol. The van der Waals surface area contributed by atoms with Gasteiger partial charge in [0.1, 0.15) is 0 Å². The van der Waals surface area contributed by atoms with Crippen LogP contribution in [0.3, 0.4) is 0 Å². The molecule has 2 nitrogen and oxygen atoms in total.